The van der Waals surface area contributed by atoms with E-state index < -0.39 is 0 Å². The molecule has 0 unspecified atom stereocenters. The van der Waals surface area contributed by atoms with E-state index in [1.54, 1.807) is 0 Å². The van der Waals surface area contributed by atoms with Crippen LogP contribution in [0.4, 0.5) is 10.8 Å². The lowest BCUT2D eigenvalue weighted by Crippen LogP contribution is -2.24. The van der Waals surface area contributed by atoms with E-state index in [2.05, 4.69) is 20.6 Å². The summed E-state index contributed by atoms with van der Waals surface area (Å²) in [5, 5.41) is 5.92. The maximum absolute atomic E-state index is 12.7. The Kier molecular flexibility index (Phi) is 9.61. The molecule has 0 fully saturated rings. The molecule has 0 saturated carbocycles. The number of aromatic nitrogens is 1. The molecule has 0 bridgehead atoms. The monoisotopic (exact) mass is 459 g/mol. The molecule has 3 amide bonds. The molecule has 0 saturated heterocycles. The molecular formula is C21H29N7O3S. The van der Waals surface area contributed by atoms with Gasteiger partial charge in [-0.25, -0.2) is 9.98 Å². The number of carbonyl (C=O) groups is 3. The lowest BCUT2D eigenvalue weighted by molar-refractivity contribution is -0.118. The van der Waals surface area contributed by atoms with E-state index >= 15 is 0 Å². The maximum atomic E-state index is 12.7. The molecule has 2 rings (SSSR count). The van der Waals surface area contributed by atoms with Gasteiger partial charge in [0.05, 0.1) is 11.4 Å². The van der Waals surface area contributed by atoms with Crippen molar-refractivity contribution in [2.45, 2.75) is 45.4 Å². The van der Waals surface area contributed by atoms with Crippen molar-refractivity contribution in [2.24, 2.45) is 22.2 Å². The van der Waals surface area contributed by atoms with E-state index in [0.717, 1.165) is 29.7 Å². The molecule has 172 valence electrons. The third-order valence-corrected chi connectivity index (χ3v) is 5.43. The van der Waals surface area contributed by atoms with E-state index in [1.165, 1.54) is 6.92 Å². The number of hydrogen-bond acceptors (Lipinski definition) is 6. The molecule has 2 aromatic rings. The number of guanidine groups is 1. The highest BCUT2D eigenvalue weighted by Gasteiger charge is 2.18. The fraction of sp³-hybridized carbons (Fsp3) is 0.381. The summed E-state index contributed by atoms with van der Waals surface area (Å²) in [6, 6.07) is 7.44. The van der Waals surface area contributed by atoms with Gasteiger partial charge in [-0.1, -0.05) is 29.9 Å². The van der Waals surface area contributed by atoms with Crippen molar-refractivity contribution < 1.29 is 14.4 Å². The normalized spacial score (nSPS) is 10.4. The number of amides is 3. The molecule has 8 N–H and O–H groups in total. The lowest BCUT2D eigenvalue weighted by Gasteiger charge is -2.06. The summed E-state index contributed by atoms with van der Waals surface area (Å²) in [5.41, 5.74) is 18.2. The highest BCUT2D eigenvalue weighted by Crippen LogP contribution is 2.25. The Balaban J connectivity index is 2.00. The van der Waals surface area contributed by atoms with Crippen LogP contribution in [0.5, 0.6) is 0 Å². The smallest absolute Gasteiger partial charge is 0.263 e. The van der Waals surface area contributed by atoms with E-state index in [4.69, 9.17) is 17.2 Å². The molecule has 1 aromatic heterocycles. The fourth-order valence-electron chi connectivity index (χ4n) is 2.93. The van der Waals surface area contributed by atoms with Crippen LogP contribution in [0.2, 0.25) is 0 Å². The Hall–Kier alpha value is -3.47. The first-order valence-electron chi connectivity index (χ1n) is 10.3. The van der Waals surface area contributed by atoms with Crippen molar-refractivity contribution in [3.8, 4) is 0 Å². The van der Waals surface area contributed by atoms with Gasteiger partial charge in [-0.05, 0) is 43.4 Å². The minimum Gasteiger partial charge on any atom is -0.370 e. The average Bonchev–Trinajstić information content (AvgIpc) is 3.11. The lowest BCUT2D eigenvalue weighted by atomic mass is 10.1. The van der Waals surface area contributed by atoms with Crippen molar-refractivity contribution >= 4 is 45.8 Å². The number of unbranched alkanes of at least 4 members (excludes halogenated alkanes) is 2. The van der Waals surface area contributed by atoms with Crippen LogP contribution in [-0.2, 0) is 22.4 Å². The van der Waals surface area contributed by atoms with Crippen molar-refractivity contribution in [2.75, 3.05) is 11.9 Å². The van der Waals surface area contributed by atoms with Crippen molar-refractivity contribution in [3.63, 3.8) is 0 Å². The Morgan fingerprint density at radius 2 is 1.75 bits per heavy atom. The maximum Gasteiger partial charge on any atom is 0.263 e. The van der Waals surface area contributed by atoms with Gasteiger partial charge in [0.2, 0.25) is 11.8 Å². The molecule has 1 aromatic carbocycles. The summed E-state index contributed by atoms with van der Waals surface area (Å²) < 4.78 is 0. The summed E-state index contributed by atoms with van der Waals surface area (Å²) in [5.74, 6) is -0.803. The van der Waals surface area contributed by atoms with Gasteiger partial charge in [0.25, 0.3) is 5.91 Å². The number of nitrogens with two attached hydrogens (primary N) is 3. The van der Waals surface area contributed by atoms with Crippen LogP contribution < -0.4 is 27.8 Å². The summed E-state index contributed by atoms with van der Waals surface area (Å²) in [6.07, 6.45) is 3.77. The Morgan fingerprint density at radius 1 is 1.03 bits per heavy atom. The zero-order chi connectivity index (χ0) is 23.5. The van der Waals surface area contributed by atoms with Gasteiger partial charge in [-0.2, -0.15) is 0 Å². The third kappa shape index (κ3) is 8.72. The SMILES string of the molecule is CC(=O)Nc1nc(CCc2ccc(N=C(N)N)cc2)c(C(=O)NCCCCCC(N)=O)s1. The van der Waals surface area contributed by atoms with Gasteiger partial charge < -0.3 is 27.8 Å². The predicted octanol–water partition coefficient (Wildman–Crippen LogP) is 1.57. The molecule has 0 spiro atoms. The van der Waals surface area contributed by atoms with Gasteiger partial charge in [0, 0.05) is 19.9 Å². The largest absolute Gasteiger partial charge is 0.370 e. The topological polar surface area (TPSA) is 179 Å². The first-order valence-corrected chi connectivity index (χ1v) is 11.1. The van der Waals surface area contributed by atoms with E-state index in [9.17, 15) is 14.4 Å². The number of aryl methyl sites for hydroxylation is 2. The predicted molar refractivity (Wildman–Crippen MR) is 126 cm³/mol. The molecule has 0 aliphatic rings. The number of primary amides is 1. The average molecular weight is 460 g/mol. The first kappa shape index (κ1) is 24.8. The number of hydrogen-bond donors (Lipinski definition) is 5. The molecular weight excluding hydrogens is 430 g/mol. The first-order chi connectivity index (χ1) is 15.2. The quantitative estimate of drug-likeness (QED) is 0.182. The number of anilines is 1. The number of nitrogens with one attached hydrogen (secondary N) is 2. The second-order valence-corrected chi connectivity index (χ2v) is 8.21. The van der Waals surface area contributed by atoms with Crippen molar-refractivity contribution in [1.29, 1.82) is 0 Å². The van der Waals surface area contributed by atoms with Crippen LogP contribution >= 0.6 is 11.3 Å². The van der Waals surface area contributed by atoms with Crippen molar-refractivity contribution in [1.82, 2.24) is 10.3 Å². The van der Waals surface area contributed by atoms with E-state index in [-0.39, 0.29) is 23.7 Å². The van der Waals surface area contributed by atoms with Crippen LogP contribution in [-0.4, -0.2) is 35.2 Å². The zero-order valence-corrected chi connectivity index (χ0v) is 18.8. The van der Waals surface area contributed by atoms with Crippen LogP contribution in [0.1, 0.15) is 53.5 Å². The van der Waals surface area contributed by atoms with Gasteiger partial charge >= 0.3 is 0 Å². The number of aliphatic imine (C=N–C) groups is 1. The number of carbonyl (C=O) groups excluding carboxylic acids is 3. The van der Waals surface area contributed by atoms with Gasteiger partial charge in [-0.15, -0.1) is 0 Å². The van der Waals surface area contributed by atoms with Crippen molar-refractivity contribution in [3.05, 3.63) is 40.4 Å². The number of benzene rings is 1. The molecule has 10 nitrogen and oxygen atoms in total. The zero-order valence-electron chi connectivity index (χ0n) is 18.0. The Morgan fingerprint density at radius 3 is 2.38 bits per heavy atom. The summed E-state index contributed by atoms with van der Waals surface area (Å²) >= 11 is 1.15. The van der Waals surface area contributed by atoms with Crippen LogP contribution in [0.15, 0.2) is 29.3 Å². The minimum atomic E-state index is -0.320. The Bertz CT molecular complexity index is 966. The van der Waals surface area contributed by atoms with Gasteiger partial charge in [0.15, 0.2) is 11.1 Å². The molecule has 11 heteroatoms. The molecule has 0 radical (unpaired) electrons. The third-order valence-electron chi connectivity index (χ3n) is 4.42. The molecule has 32 heavy (non-hydrogen) atoms. The molecule has 1 heterocycles. The molecule has 0 aliphatic heterocycles. The van der Waals surface area contributed by atoms with E-state index in [1.807, 2.05) is 24.3 Å². The van der Waals surface area contributed by atoms with Crippen LogP contribution in [0.3, 0.4) is 0 Å². The second kappa shape index (κ2) is 12.4. The van der Waals surface area contributed by atoms with E-state index in [0.29, 0.717) is 53.6 Å². The van der Waals surface area contributed by atoms with Gasteiger partial charge in [-0.3, -0.25) is 14.4 Å². The fourth-order valence-corrected chi connectivity index (χ4v) is 3.91. The second-order valence-electron chi connectivity index (χ2n) is 7.21. The molecule has 0 atom stereocenters. The number of rotatable bonds is 12. The standard InChI is InChI=1S/C21H29N7O3S/c1-13(29)26-21-28-16(11-8-14-6-9-15(10-7-14)27-20(23)24)18(32-21)19(31)25-12-4-2-3-5-17(22)30/h6-7,9-10H,2-5,8,11-12H2,1H3,(H2,22,30)(H,25,31)(H4,23,24,27)(H,26,28,29). The highest BCUT2D eigenvalue weighted by molar-refractivity contribution is 7.17. The van der Waals surface area contributed by atoms with Crippen LogP contribution in [0.25, 0.3) is 0 Å². The van der Waals surface area contributed by atoms with Crippen LogP contribution in [0, 0.1) is 0 Å². The Labute approximate surface area is 190 Å². The highest BCUT2D eigenvalue weighted by atomic mass is 32.1. The summed E-state index contributed by atoms with van der Waals surface area (Å²) in [7, 11) is 0. The summed E-state index contributed by atoms with van der Waals surface area (Å²) in [4.78, 5) is 43.8. The minimum absolute atomic E-state index is 0.00533. The molecule has 0 aliphatic carbocycles. The summed E-state index contributed by atoms with van der Waals surface area (Å²) in [6.45, 7) is 1.88. The van der Waals surface area contributed by atoms with Gasteiger partial charge in [0.1, 0.15) is 4.88 Å². The number of thiazole rings is 1. The number of nitrogens with zero attached hydrogens (tertiary/aromatic N) is 2.